The van der Waals surface area contributed by atoms with Gasteiger partial charge in [-0.3, -0.25) is 9.59 Å². The Morgan fingerprint density at radius 3 is 1.25 bits per heavy atom. The van der Waals surface area contributed by atoms with Gasteiger partial charge in [-0.25, -0.2) is 0 Å². The van der Waals surface area contributed by atoms with E-state index < -0.39 is 6.10 Å². The maximum absolute atomic E-state index is 12.1. The first-order valence-electron chi connectivity index (χ1n) is 19.2. The van der Waals surface area contributed by atoms with Crippen molar-refractivity contribution < 1.29 is 24.2 Å². The second-order valence-corrected chi connectivity index (χ2v) is 13.0. The molecule has 0 amide bonds. The van der Waals surface area contributed by atoms with Gasteiger partial charge in [0.2, 0.25) is 0 Å². The summed E-state index contributed by atoms with van der Waals surface area (Å²) in [6.07, 6.45) is 39.8. The maximum Gasteiger partial charge on any atom is 0.306 e. The highest BCUT2D eigenvalue weighted by molar-refractivity contribution is 5.70. The molecule has 5 heteroatoms. The number of aliphatic hydroxyl groups excluding tert-OH is 1. The smallest absolute Gasteiger partial charge is 0.306 e. The van der Waals surface area contributed by atoms with Crippen molar-refractivity contribution in [2.75, 3.05) is 13.2 Å². The van der Waals surface area contributed by atoms with Gasteiger partial charge in [-0.1, -0.05) is 167 Å². The van der Waals surface area contributed by atoms with Gasteiger partial charge in [0.25, 0.3) is 0 Å². The van der Waals surface area contributed by atoms with Crippen LogP contribution in [0.4, 0.5) is 0 Å². The van der Waals surface area contributed by atoms with E-state index in [2.05, 4.69) is 26.0 Å². The van der Waals surface area contributed by atoms with E-state index in [0.717, 1.165) is 38.5 Å². The van der Waals surface area contributed by atoms with Crippen molar-refractivity contribution in [1.29, 1.82) is 0 Å². The zero-order chi connectivity index (χ0) is 32.2. The Bertz CT molecular complexity index is 632. The molecule has 1 N–H and O–H groups in total. The van der Waals surface area contributed by atoms with Crippen LogP contribution < -0.4 is 0 Å². The van der Waals surface area contributed by atoms with Gasteiger partial charge < -0.3 is 14.6 Å². The van der Waals surface area contributed by atoms with Gasteiger partial charge in [-0.05, 0) is 38.5 Å². The molecule has 0 aliphatic rings. The Morgan fingerprint density at radius 1 is 0.500 bits per heavy atom. The normalized spacial score (nSPS) is 12.2. The summed E-state index contributed by atoms with van der Waals surface area (Å²) < 4.78 is 10.6. The second-order valence-electron chi connectivity index (χ2n) is 13.0. The van der Waals surface area contributed by atoms with Gasteiger partial charge >= 0.3 is 11.9 Å². The largest absolute Gasteiger partial charge is 0.462 e. The quantitative estimate of drug-likeness (QED) is 0.0432. The molecular formula is C39H74O5. The Balaban J connectivity index is 3.52. The van der Waals surface area contributed by atoms with Gasteiger partial charge in [-0.15, -0.1) is 0 Å². The summed E-state index contributed by atoms with van der Waals surface area (Å²) in [5, 5.41) is 9.53. The molecule has 1 atom stereocenters. The molecule has 0 spiro atoms. The van der Waals surface area contributed by atoms with E-state index >= 15 is 0 Å². The van der Waals surface area contributed by atoms with Crippen molar-refractivity contribution in [3.63, 3.8) is 0 Å². The van der Waals surface area contributed by atoms with Crippen LogP contribution in [0.25, 0.3) is 0 Å². The Morgan fingerprint density at radius 2 is 0.841 bits per heavy atom. The highest BCUT2D eigenvalue weighted by atomic mass is 16.6. The monoisotopic (exact) mass is 623 g/mol. The lowest BCUT2D eigenvalue weighted by Gasteiger charge is -2.15. The number of aliphatic hydroxyl groups is 1. The van der Waals surface area contributed by atoms with Crippen LogP contribution in [-0.2, 0) is 19.1 Å². The molecule has 0 saturated carbocycles. The van der Waals surface area contributed by atoms with E-state index in [1.54, 1.807) is 0 Å². The van der Waals surface area contributed by atoms with Crippen LogP contribution in [0.5, 0.6) is 0 Å². The average molecular weight is 623 g/mol. The molecule has 0 aliphatic carbocycles. The van der Waals surface area contributed by atoms with Crippen LogP contribution in [0.3, 0.4) is 0 Å². The fourth-order valence-corrected chi connectivity index (χ4v) is 5.61. The summed E-state index contributed by atoms with van der Waals surface area (Å²) in [6.45, 7) is 4.13. The first-order chi connectivity index (χ1) is 21.6. The topological polar surface area (TPSA) is 72.8 Å². The predicted octanol–water partition coefficient (Wildman–Crippen LogP) is 11.7. The predicted molar refractivity (Wildman–Crippen MR) is 187 cm³/mol. The van der Waals surface area contributed by atoms with E-state index in [4.69, 9.17) is 9.47 Å². The third kappa shape index (κ3) is 33.5. The number of allylic oxidation sites excluding steroid dienone is 2. The van der Waals surface area contributed by atoms with Crippen molar-refractivity contribution in [2.24, 2.45) is 0 Å². The molecule has 0 radical (unpaired) electrons. The molecule has 5 nitrogen and oxygen atoms in total. The van der Waals surface area contributed by atoms with Crippen molar-refractivity contribution >= 4 is 11.9 Å². The first kappa shape index (κ1) is 42.6. The third-order valence-corrected chi connectivity index (χ3v) is 8.56. The van der Waals surface area contributed by atoms with Crippen LogP contribution in [0.2, 0.25) is 0 Å². The molecule has 0 bridgehead atoms. The summed E-state index contributed by atoms with van der Waals surface area (Å²) >= 11 is 0. The fraction of sp³-hybridized carbons (Fsp3) is 0.897. The lowest BCUT2D eigenvalue weighted by molar-refractivity contribution is -0.161. The summed E-state index contributed by atoms with van der Waals surface area (Å²) in [5.41, 5.74) is 0. The number of ether oxygens (including phenoxy) is 2. The lowest BCUT2D eigenvalue weighted by atomic mass is 10.0. The molecule has 0 aromatic carbocycles. The van der Waals surface area contributed by atoms with Crippen LogP contribution in [0.1, 0.15) is 206 Å². The van der Waals surface area contributed by atoms with Gasteiger partial charge in [0.15, 0.2) is 6.10 Å². The summed E-state index contributed by atoms with van der Waals surface area (Å²) in [5.74, 6) is -0.592. The minimum absolute atomic E-state index is 0.0633. The average Bonchev–Trinajstić information content (AvgIpc) is 3.02. The number of carbonyl (C=O) groups excluding carboxylic acids is 2. The molecule has 0 aliphatic heterocycles. The van der Waals surface area contributed by atoms with E-state index in [-0.39, 0.29) is 25.2 Å². The van der Waals surface area contributed by atoms with Crippen LogP contribution in [0.15, 0.2) is 12.2 Å². The van der Waals surface area contributed by atoms with E-state index in [1.165, 1.54) is 141 Å². The van der Waals surface area contributed by atoms with Crippen LogP contribution in [-0.4, -0.2) is 36.4 Å². The second kappa shape index (κ2) is 36.1. The highest BCUT2D eigenvalue weighted by Crippen LogP contribution is 2.15. The molecule has 0 heterocycles. The van der Waals surface area contributed by atoms with Crippen molar-refractivity contribution in [2.45, 2.75) is 213 Å². The molecule has 44 heavy (non-hydrogen) atoms. The lowest BCUT2D eigenvalue weighted by Crippen LogP contribution is -2.28. The minimum atomic E-state index is -0.768. The zero-order valence-electron chi connectivity index (χ0n) is 29.4. The Hall–Kier alpha value is -1.36. The van der Waals surface area contributed by atoms with Crippen molar-refractivity contribution in [1.82, 2.24) is 0 Å². The van der Waals surface area contributed by atoms with Crippen molar-refractivity contribution in [3.8, 4) is 0 Å². The summed E-state index contributed by atoms with van der Waals surface area (Å²) in [7, 11) is 0. The fourth-order valence-electron chi connectivity index (χ4n) is 5.61. The highest BCUT2D eigenvalue weighted by Gasteiger charge is 2.16. The Labute approximate surface area is 273 Å². The van der Waals surface area contributed by atoms with E-state index in [9.17, 15) is 14.7 Å². The molecule has 0 saturated heterocycles. The van der Waals surface area contributed by atoms with Crippen LogP contribution in [0, 0.1) is 0 Å². The van der Waals surface area contributed by atoms with Gasteiger partial charge in [0.05, 0.1) is 6.61 Å². The van der Waals surface area contributed by atoms with E-state index in [1.807, 2.05) is 0 Å². The third-order valence-electron chi connectivity index (χ3n) is 8.56. The molecule has 0 aromatic rings. The van der Waals surface area contributed by atoms with Gasteiger partial charge in [-0.2, -0.15) is 0 Å². The summed E-state index contributed by atoms with van der Waals surface area (Å²) in [4.78, 5) is 24.2. The molecule has 0 rings (SSSR count). The zero-order valence-corrected chi connectivity index (χ0v) is 29.4. The minimum Gasteiger partial charge on any atom is -0.462 e. The number of unbranched alkanes of at least 4 members (excludes halogenated alkanes) is 25. The molecule has 260 valence electrons. The molecular weight excluding hydrogens is 548 g/mol. The van der Waals surface area contributed by atoms with E-state index in [0.29, 0.717) is 12.8 Å². The number of carbonyl (C=O) groups is 2. The van der Waals surface area contributed by atoms with Gasteiger partial charge in [0, 0.05) is 12.8 Å². The number of hydrogen-bond acceptors (Lipinski definition) is 5. The summed E-state index contributed by atoms with van der Waals surface area (Å²) in [6, 6.07) is 0. The first-order valence-corrected chi connectivity index (χ1v) is 19.2. The molecule has 0 fully saturated rings. The number of esters is 2. The van der Waals surface area contributed by atoms with Gasteiger partial charge in [0.1, 0.15) is 6.61 Å². The standard InChI is InChI=1S/C39H74O5/c1-3-5-7-9-11-13-15-17-18-19-20-22-23-25-27-29-31-33-38(41)43-36-37(35-40)44-39(42)34-32-30-28-26-24-21-16-14-12-10-8-6-4-2/h14,16,37,40H,3-13,15,17-36H2,1-2H3. The van der Waals surface area contributed by atoms with Crippen molar-refractivity contribution in [3.05, 3.63) is 12.2 Å². The maximum atomic E-state index is 12.1. The molecule has 1 unspecified atom stereocenters. The molecule has 0 aromatic heterocycles. The van der Waals surface area contributed by atoms with Crippen LogP contribution >= 0.6 is 0 Å². The SMILES string of the molecule is CCCCCCC=CCCCCCCCC(=O)OC(CO)COC(=O)CCCCCCCCCCCCCCCCCCC. The number of hydrogen-bond donors (Lipinski definition) is 1. The Kier molecular flexibility index (Phi) is 35.0. The number of rotatable bonds is 35.